The lowest BCUT2D eigenvalue weighted by atomic mass is 10.1. The van der Waals surface area contributed by atoms with Crippen molar-refractivity contribution in [3.05, 3.63) is 48.0 Å². The average molecular weight is 550 g/mol. The van der Waals surface area contributed by atoms with Crippen molar-refractivity contribution in [3.63, 3.8) is 0 Å². The van der Waals surface area contributed by atoms with Crippen LogP contribution in [0.15, 0.2) is 52.3 Å². The molecule has 37 heavy (non-hydrogen) atoms. The highest BCUT2D eigenvalue weighted by Crippen LogP contribution is 2.27. The number of nitrogens with zero attached hydrogens (tertiary/aromatic N) is 2. The van der Waals surface area contributed by atoms with Gasteiger partial charge in [0.15, 0.2) is 0 Å². The third-order valence-corrected chi connectivity index (χ3v) is 10.2. The Balaban J connectivity index is 1.53. The van der Waals surface area contributed by atoms with Gasteiger partial charge < -0.3 is 9.64 Å². The molecule has 2 aromatic carbocycles. The van der Waals surface area contributed by atoms with E-state index in [-0.39, 0.29) is 26.9 Å². The van der Waals surface area contributed by atoms with Gasteiger partial charge in [0.05, 0.1) is 22.5 Å². The molecule has 0 unspecified atom stereocenters. The number of rotatable bonds is 7. The third-order valence-electron chi connectivity index (χ3n) is 6.91. The van der Waals surface area contributed by atoms with Gasteiger partial charge in [0.2, 0.25) is 10.0 Å². The molecule has 2 aromatic rings. The Bertz CT molecular complexity index is 1290. The number of ether oxygens (including phenoxy) is 1. The van der Waals surface area contributed by atoms with Gasteiger partial charge in [-0.1, -0.05) is 25.7 Å². The van der Waals surface area contributed by atoms with Gasteiger partial charge in [-0.05, 0) is 68.1 Å². The number of amides is 1. The quantitative estimate of drug-likeness (QED) is 0.557. The van der Waals surface area contributed by atoms with Gasteiger partial charge in [-0.15, -0.1) is 0 Å². The van der Waals surface area contributed by atoms with Gasteiger partial charge in [0.1, 0.15) is 5.75 Å². The van der Waals surface area contributed by atoms with Crippen LogP contribution in [-0.4, -0.2) is 65.2 Å². The Hall–Kier alpha value is -2.63. The highest BCUT2D eigenvalue weighted by Gasteiger charge is 2.26. The second kappa shape index (κ2) is 11.8. The van der Waals surface area contributed by atoms with Crippen LogP contribution >= 0.6 is 0 Å². The van der Waals surface area contributed by atoms with Gasteiger partial charge in [0, 0.05) is 31.9 Å². The number of sulfonamides is 2. The Morgan fingerprint density at radius 2 is 1.30 bits per heavy atom. The summed E-state index contributed by atoms with van der Waals surface area (Å²) in [6.45, 7) is 2.24. The van der Waals surface area contributed by atoms with Crippen LogP contribution < -0.4 is 9.46 Å². The Morgan fingerprint density at radius 1 is 0.757 bits per heavy atom. The van der Waals surface area contributed by atoms with E-state index in [2.05, 4.69) is 4.72 Å². The van der Waals surface area contributed by atoms with Crippen molar-refractivity contribution in [1.29, 1.82) is 0 Å². The Kier molecular flexibility index (Phi) is 8.76. The second-order valence-corrected chi connectivity index (χ2v) is 13.1. The SMILES string of the molecule is COc1ccc(S(=O)(=O)Nc2ccc(S(=O)(=O)N3CCCCCC3)cc2)cc1C(=O)N1CCCCCC1. The van der Waals surface area contributed by atoms with Crippen LogP contribution in [-0.2, 0) is 20.0 Å². The summed E-state index contributed by atoms with van der Waals surface area (Å²) in [5.74, 6) is 0.0649. The fraction of sp³-hybridized carbons (Fsp3) is 0.500. The molecule has 2 saturated heterocycles. The normalized spacial score (nSPS) is 18.0. The van der Waals surface area contributed by atoms with E-state index in [9.17, 15) is 21.6 Å². The number of hydrogen-bond donors (Lipinski definition) is 1. The highest BCUT2D eigenvalue weighted by atomic mass is 32.2. The summed E-state index contributed by atoms with van der Waals surface area (Å²) in [5, 5.41) is 0. The molecule has 0 aliphatic carbocycles. The van der Waals surface area contributed by atoms with Gasteiger partial charge >= 0.3 is 0 Å². The average Bonchev–Trinajstić information content (AvgIpc) is 3.34. The number of carbonyl (C=O) groups is 1. The summed E-state index contributed by atoms with van der Waals surface area (Å²) in [6, 6.07) is 9.92. The van der Waals surface area contributed by atoms with E-state index in [1.54, 1.807) is 4.90 Å². The summed E-state index contributed by atoms with van der Waals surface area (Å²) >= 11 is 0. The van der Waals surface area contributed by atoms with Crippen LogP contribution in [0.3, 0.4) is 0 Å². The second-order valence-electron chi connectivity index (χ2n) is 9.52. The summed E-state index contributed by atoms with van der Waals surface area (Å²) in [4.78, 5) is 15.0. The zero-order valence-corrected chi connectivity index (χ0v) is 22.8. The highest BCUT2D eigenvalue weighted by molar-refractivity contribution is 7.92. The van der Waals surface area contributed by atoms with Gasteiger partial charge in [0.25, 0.3) is 15.9 Å². The number of carbonyl (C=O) groups excluding carboxylic acids is 1. The molecule has 0 spiro atoms. The number of likely N-dealkylation sites (tertiary alicyclic amines) is 1. The maximum absolute atomic E-state index is 13.2. The minimum atomic E-state index is -4.04. The first-order valence-electron chi connectivity index (χ1n) is 12.8. The van der Waals surface area contributed by atoms with Crippen molar-refractivity contribution >= 4 is 31.6 Å². The fourth-order valence-electron chi connectivity index (χ4n) is 4.81. The zero-order valence-electron chi connectivity index (χ0n) is 21.2. The van der Waals surface area contributed by atoms with E-state index in [1.165, 1.54) is 53.9 Å². The monoisotopic (exact) mass is 549 g/mol. The van der Waals surface area contributed by atoms with E-state index < -0.39 is 20.0 Å². The fourth-order valence-corrected chi connectivity index (χ4v) is 7.41. The van der Waals surface area contributed by atoms with E-state index in [4.69, 9.17) is 4.74 Å². The van der Waals surface area contributed by atoms with Crippen LogP contribution in [0.5, 0.6) is 5.75 Å². The molecule has 4 rings (SSSR count). The van der Waals surface area contributed by atoms with E-state index in [0.29, 0.717) is 31.9 Å². The molecule has 2 aliphatic rings. The molecule has 1 amide bonds. The number of nitrogens with one attached hydrogen (secondary N) is 1. The van der Waals surface area contributed by atoms with Gasteiger partial charge in [-0.2, -0.15) is 4.31 Å². The lowest BCUT2D eigenvalue weighted by Gasteiger charge is -2.22. The maximum Gasteiger partial charge on any atom is 0.261 e. The number of hydrogen-bond acceptors (Lipinski definition) is 6. The first-order chi connectivity index (χ1) is 17.7. The van der Waals surface area contributed by atoms with Crippen LogP contribution in [0.2, 0.25) is 0 Å². The van der Waals surface area contributed by atoms with Gasteiger partial charge in [-0.25, -0.2) is 16.8 Å². The largest absolute Gasteiger partial charge is 0.496 e. The van der Waals surface area contributed by atoms with Crippen LogP contribution in [0.25, 0.3) is 0 Å². The summed E-state index contributed by atoms with van der Waals surface area (Å²) in [6.07, 6.45) is 7.66. The van der Waals surface area contributed by atoms with E-state index >= 15 is 0 Å². The van der Waals surface area contributed by atoms with Gasteiger partial charge in [-0.3, -0.25) is 9.52 Å². The van der Waals surface area contributed by atoms with Crippen molar-refractivity contribution in [2.75, 3.05) is 38.0 Å². The first-order valence-corrected chi connectivity index (χ1v) is 15.7. The maximum atomic E-state index is 13.2. The molecular formula is C26H35N3O6S2. The molecule has 0 atom stereocenters. The third kappa shape index (κ3) is 6.45. The standard InChI is InChI=1S/C26H35N3O6S2/c1-35-25-15-14-23(20-24(25)26(30)28-16-6-2-3-7-17-28)36(31,32)27-21-10-12-22(13-11-21)37(33,34)29-18-8-4-5-9-19-29/h10-15,20,27H,2-9,16-19H2,1H3. The molecule has 0 radical (unpaired) electrons. The lowest BCUT2D eigenvalue weighted by Crippen LogP contribution is -2.32. The van der Waals surface area contributed by atoms with Crippen molar-refractivity contribution in [2.45, 2.75) is 61.2 Å². The molecule has 1 N–H and O–H groups in total. The molecule has 202 valence electrons. The van der Waals surface area contributed by atoms with Crippen LogP contribution in [0.1, 0.15) is 61.7 Å². The predicted molar refractivity (Wildman–Crippen MR) is 142 cm³/mol. The van der Waals surface area contributed by atoms with Crippen LogP contribution in [0.4, 0.5) is 5.69 Å². The first kappa shape index (κ1) is 27.4. The molecule has 11 heteroatoms. The topological polar surface area (TPSA) is 113 Å². The molecule has 0 saturated carbocycles. The molecule has 2 aliphatic heterocycles. The predicted octanol–water partition coefficient (Wildman–Crippen LogP) is 4.08. The lowest BCUT2D eigenvalue weighted by molar-refractivity contribution is 0.0758. The van der Waals surface area contributed by atoms with E-state index in [0.717, 1.165) is 51.4 Å². The van der Waals surface area contributed by atoms with Crippen LogP contribution in [0, 0.1) is 0 Å². The molecule has 2 heterocycles. The number of methoxy groups -OCH3 is 1. The molecule has 2 fully saturated rings. The Labute approximate surface area is 219 Å². The van der Waals surface area contributed by atoms with E-state index in [1.807, 2.05) is 0 Å². The zero-order chi connectivity index (χ0) is 26.5. The summed E-state index contributed by atoms with van der Waals surface area (Å²) in [7, 11) is -6.23. The van der Waals surface area contributed by atoms with Crippen molar-refractivity contribution < 1.29 is 26.4 Å². The van der Waals surface area contributed by atoms with Crippen molar-refractivity contribution in [1.82, 2.24) is 9.21 Å². The Morgan fingerprint density at radius 3 is 1.86 bits per heavy atom. The minimum Gasteiger partial charge on any atom is -0.496 e. The summed E-state index contributed by atoms with van der Waals surface area (Å²) in [5.41, 5.74) is 0.428. The summed E-state index contributed by atoms with van der Waals surface area (Å²) < 4.78 is 61.7. The smallest absolute Gasteiger partial charge is 0.261 e. The molecule has 9 nitrogen and oxygen atoms in total. The van der Waals surface area contributed by atoms with Crippen molar-refractivity contribution in [2.24, 2.45) is 0 Å². The number of anilines is 1. The minimum absolute atomic E-state index is 0.0762. The molecular weight excluding hydrogens is 514 g/mol. The molecule has 0 bridgehead atoms. The number of benzene rings is 2. The van der Waals surface area contributed by atoms with Crippen molar-refractivity contribution in [3.8, 4) is 5.75 Å². The molecule has 0 aromatic heterocycles.